The molecule has 0 amide bonds. The quantitative estimate of drug-likeness (QED) is 0.228. The summed E-state index contributed by atoms with van der Waals surface area (Å²) < 4.78 is 12.0. The zero-order valence-corrected chi connectivity index (χ0v) is 28.9. The van der Waals surface area contributed by atoms with Gasteiger partial charge in [-0.2, -0.15) is 0 Å². The van der Waals surface area contributed by atoms with Gasteiger partial charge in [-0.05, 0) is 120 Å². The van der Waals surface area contributed by atoms with Crippen molar-refractivity contribution < 1.29 is 9.47 Å². The van der Waals surface area contributed by atoms with E-state index in [1.165, 1.54) is 46.2 Å². The molecule has 2 fully saturated rings. The number of benzene rings is 3. The lowest BCUT2D eigenvalue weighted by atomic mass is 9.64. The Kier molecular flexibility index (Phi) is 10.9. The Labute approximate surface area is 264 Å². The van der Waals surface area contributed by atoms with Gasteiger partial charge < -0.3 is 9.47 Å². The van der Waals surface area contributed by atoms with Crippen molar-refractivity contribution in [3.8, 4) is 22.3 Å². The maximum atomic E-state index is 6.12. The molecule has 2 nitrogen and oxygen atoms in total. The third-order valence-corrected chi connectivity index (χ3v) is 13.2. The summed E-state index contributed by atoms with van der Waals surface area (Å²) in [4.78, 5) is 0. The molecule has 3 aromatic carbocycles. The molecule has 232 valence electrons. The lowest BCUT2D eigenvalue weighted by Gasteiger charge is -2.49. The fraction of sp³-hybridized carbons (Fsp3) is 0.550. The van der Waals surface area contributed by atoms with Gasteiger partial charge in [-0.3, -0.25) is 0 Å². The summed E-state index contributed by atoms with van der Waals surface area (Å²) >= 11 is 0. The summed E-state index contributed by atoms with van der Waals surface area (Å²) in [5.74, 6) is 3.22. The van der Waals surface area contributed by atoms with Crippen LogP contribution in [0.5, 0.6) is 0 Å². The molecule has 6 atom stereocenters. The van der Waals surface area contributed by atoms with Crippen molar-refractivity contribution in [2.24, 2.45) is 23.7 Å². The molecule has 0 saturated heterocycles. The number of rotatable bonds is 9. The second-order valence-corrected chi connectivity index (χ2v) is 15.9. The first-order valence-corrected chi connectivity index (χ1v) is 17.9. The smallest absolute Gasteiger partial charge is 0.0638 e. The molecular weight excluding hydrogens is 543 g/mol. The molecule has 0 bridgehead atoms. The Morgan fingerprint density at radius 3 is 1.86 bits per heavy atom. The molecule has 0 N–H and O–H groups in total. The van der Waals surface area contributed by atoms with Crippen LogP contribution in [0.4, 0.5) is 0 Å². The maximum absolute atomic E-state index is 6.12. The van der Waals surface area contributed by atoms with E-state index >= 15 is 0 Å². The average molecular weight is 599 g/mol. The molecule has 0 aliphatic heterocycles. The van der Waals surface area contributed by atoms with E-state index in [2.05, 4.69) is 108 Å². The second kappa shape index (κ2) is 14.4. The maximum Gasteiger partial charge on any atom is 0.0638 e. The van der Waals surface area contributed by atoms with Crippen LogP contribution in [0.15, 0.2) is 66.7 Å². The van der Waals surface area contributed by atoms with Gasteiger partial charge in [-0.1, -0.05) is 94.4 Å². The van der Waals surface area contributed by atoms with E-state index in [1.807, 2.05) is 14.2 Å². The molecule has 0 aromatic heterocycles. The van der Waals surface area contributed by atoms with Crippen molar-refractivity contribution in [2.45, 2.75) is 103 Å². The van der Waals surface area contributed by atoms with Crippen LogP contribution < -0.4 is 0 Å². The molecule has 0 heterocycles. The second-order valence-electron chi connectivity index (χ2n) is 14.1. The third-order valence-electron chi connectivity index (χ3n) is 10.9. The number of hydrogen-bond acceptors (Lipinski definition) is 2. The first-order valence-electron chi connectivity index (χ1n) is 16.8. The van der Waals surface area contributed by atoms with Crippen LogP contribution >= 0.6 is 8.58 Å². The minimum atomic E-state index is 0.373. The van der Waals surface area contributed by atoms with Crippen LogP contribution in [-0.4, -0.2) is 37.7 Å². The Bertz CT molecular complexity index is 1290. The van der Waals surface area contributed by atoms with Crippen molar-refractivity contribution in [1.82, 2.24) is 0 Å². The van der Waals surface area contributed by atoms with Gasteiger partial charge in [0.1, 0.15) is 0 Å². The highest BCUT2D eigenvalue weighted by atomic mass is 31.1. The predicted molar refractivity (Wildman–Crippen MR) is 187 cm³/mol. The van der Waals surface area contributed by atoms with Gasteiger partial charge in [-0.15, -0.1) is 8.58 Å². The Balaban J connectivity index is 1.60. The molecule has 6 unspecified atom stereocenters. The predicted octanol–water partition coefficient (Wildman–Crippen LogP) is 10.7. The monoisotopic (exact) mass is 598 g/mol. The largest absolute Gasteiger partial charge is 0.381 e. The fourth-order valence-electron chi connectivity index (χ4n) is 8.58. The Morgan fingerprint density at radius 1 is 0.674 bits per heavy atom. The molecule has 3 aromatic rings. The van der Waals surface area contributed by atoms with Crippen LogP contribution in [-0.2, 0) is 9.47 Å². The van der Waals surface area contributed by atoms with Gasteiger partial charge in [-0.25, -0.2) is 0 Å². The highest BCUT2D eigenvalue weighted by Gasteiger charge is 2.44. The summed E-state index contributed by atoms with van der Waals surface area (Å²) in [6.45, 7) is 14.5. The van der Waals surface area contributed by atoms with Gasteiger partial charge in [0.15, 0.2) is 0 Å². The van der Waals surface area contributed by atoms with E-state index < -0.39 is 0 Å². The highest BCUT2D eigenvalue weighted by molar-refractivity contribution is 7.40. The van der Waals surface area contributed by atoms with Crippen molar-refractivity contribution in [3.63, 3.8) is 0 Å². The van der Waals surface area contributed by atoms with Gasteiger partial charge in [0.05, 0.1) is 12.2 Å². The zero-order valence-electron chi connectivity index (χ0n) is 27.9. The van der Waals surface area contributed by atoms with Crippen LogP contribution in [0.2, 0.25) is 0 Å². The number of aryl methyl sites for hydroxylation is 2. The summed E-state index contributed by atoms with van der Waals surface area (Å²) in [6.07, 6.45) is 6.68. The van der Waals surface area contributed by atoms with Crippen molar-refractivity contribution in [3.05, 3.63) is 83.4 Å². The molecule has 0 radical (unpaired) electrons. The lowest BCUT2D eigenvalue weighted by Crippen LogP contribution is -2.43. The summed E-state index contributed by atoms with van der Waals surface area (Å²) in [6, 6.07) is 25.0. The summed E-state index contributed by atoms with van der Waals surface area (Å²) in [5, 5.41) is 0. The normalized spacial score (nSPS) is 28.3. The summed E-state index contributed by atoms with van der Waals surface area (Å²) in [5.41, 5.74) is 11.3. The topological polar surface area (TPSA) is 18.5 Å². The minimum absolute atomic E-state index is 0.373. The average Bonchev–Trinajstić information content (AvgIpc) is 3.01. The van der Waals surface area contributed by atoms with Crippen molar-refractivity contribution in [2.75, 3.05) is 14.2 Å². The van der Waals surface area contributed by atoms with Crippen molar-refractivity contribution in [1.29, 1.82) is 0 Å². The van der Waals surface area contributed by atoms with Crippen LogP contribution in [0.3, 0.4) is 0 Å². The molecule has 0 spiro atoms. The molecule has 2 aliphatic rings. The number of methoxy groups -OCH3 is 2. The van der Waals surface area contributed by atoms with E-state index in [9.17, 15) is 0 Å². The molecule has 2 saturated carbocycles. The molecule has 3 heteroatoms. The standard InChI is InChI=1S/C40H55O2P/c1-25(2)34-22-30(23-35(26(3)4)40(34)43-37-24-31(41-7)20-21-36(37)42-8)39-32(29-16-10-9-11-17-29)18-13-19-33(39)38-27(5)14-12-15-28(38)6/h9-19,25-26,30-31,34-37,40,43H,20-24H2,1-8H3. The van der Waals surface area contributed by atoms with Gasteiger partial charge in [0.2, 0.25) is 0 Å². The van der Waals surface area contributed by atoms with Gasteiger partial charge >= 0.3 is 0 Å². The lowest BCUT2D eigenvalue weighted by molar-refractivity contribution is 0.00772. The van der Waals surface area contributed by atoms with Gasteiger partial charge in [0, 0.05) is 19.9 Å². The Morgan fingerprint density at radius 2 is 1.28 bits per heavy atom. The Hall–Kier alpha value is -1.99. The molecule has 43 heavy (non-hydrogen) atoms. The SMILES string of the molecule is COC1CCC(OC)C(PC2C(C(C)C)CC(c3c(-c4ccccc4)cccc3-c3c(C)cccc3C)CC2C(C)C)C1. The van der Waals surface area contributed by atoms with Gasteiger partial charge in [0.25, 0.3) is 0 Å². The van der Waals surface area contributed by atoms with Crippen LogP contribution in [0, 0.1) is 37.5 Å². The van der Waals surface area contributed by atoms with E-state index in [-0.39, 0.29) is 0 Å². The zero-order chi connectivity index (χ0) is 30.7. The van der Waals surface area contributed by atoms with E-state index in [1.54, 1.807) is 5.56 Å². The van der Waals surface area contributed by atoms with Crippen molar-refractivity contribution >= 4 is 8.58 Å². The minimum Gasteiger partial charge on any atom is -0.381 e. The van der Waals surface area contributed by atoms with E-state index in [0.717, 1.165) is 33.5 Å². The molecular formula is C40H55O2P. The summed E-state index contributed by atoms with van der Waals surface area (Å²) in [7, 11) is 4.76. The fourth-order valence-corrected chi connectivity index (χ4v) is 11.5. The van der Waals surface area contributed by atoms with Crippen LogP contribution in [0.25, 0.3) is 22.3 Å². The molecule has 2 aliphatic carbocycles. The van der Waals surface area contributed by atoms with E-state index in [0.29, 0.717) is 47.5 Å². The number of ether oxygens (including phenoxy) is 2. The molecule has 5 rings (SSSR count). The van der Waals surface area contributed by atoms with E-state index in [4.69, 9.17) is 9.47 Å². The van der Waals surface area contributed by atoms with Crippen LogP contribution in [0.1, 0.15) is 82.4 Å². The number of hydrogen-bond donors (Lipinski definition) is 0. The third kappa shape index (κ3) is 6.98. The highest BCUT2D eigenvalue weighted by Crippen LogP contribution is 2.56. The first kappa shape index (κ1) is 32.4. The first-order chi connectivity index (χ1) is 20.7.